The Morgan fingerprint density at radius 2 is 2.07 bits per heavy atom. The van der Waals surface area contributed by atoms with Crippen LogP contribution in [0.4, 0.5) is 0 Å². The molecule has 4 aromatic rings. The summed E-state index contributed by atoms with van der Waals surface area (Å²) in [6.07, 6.45) is 4.68. The third kappa shape index (κ3) is 4.26. The first-order chi connectivity index (χ1) is 14.2. The molecule has 0 aliphatic heterocycles. The van der Waals surface area contributed by atoms with Crippen LogP contribution in [0.15, 0.2) is 35.0 Å². The molecule has 1 N–H and O–H groups in total. The van der Waals surface area contributed by atoms with Gasteiger partial charge in [-0.1, -0.05) is 6.07 Å². The molecule has 158 valence electrons. The van der Waals surface area contributed by atoms with Gasteiger partial charge in [0.25, 0.3) is 0 Å². The van der Waals surface area contributed by atoms with Crippen molar-refractivity contribution in [3.63, 3.8) is 0 Å². The molecule has 0 radical (unpaired) electrons. The first-order valence-electron chi connectivity index (χ1n) is 8.49. The molecule has 3 heterocycles. The van der Waals surface area contributed by atoms with Crippen LogP contribution < -0.4 is 4.72 Å². The number of hydrogen-bond donors (Lipinski definition) is 2. The zero-order chi connectivity index (χ0) is 21.5. The van der Waals surface area contributed by atoms with E-state index in [2.05, 4.69) is 25.0 Å². The summed E-state index contributed by atoms with van der Waals surface area (Å²) < 4.78 is 56.3. The number of nitrogens with one attached hydrogen (secondary N) is 1. The lowest BCUT2D eigenvalue weighted by molar-refractivity contribution is 0.445. The predicted octanol–water partition coefficient (Wildman–Crippen LogP) is 0.830. The minimum absolute atomic E-state index is 0.0437. The highest BCUT2D eigenvalue weighted by molar-refractivity contribution is 7.91. The number of thiol groups is 1. The number of rotatable bonds is 7. The number of thiazole rings is 1. The maximum absolute atomic E-state index is 12.5. The Hall–Kier alpha value is -2.68. The highest BCUT2D eigenvalue weighted by Crippen LogP contribution is 2.36. The quantitative estimate of drug-likeness (QED) is 0.376. The summed E-state index contributed by atoms with van der Waals surface area (Å²) in [5.41, 5.74) is 2.50. The van der Waals surface area contributed by atoms with Crippen molar-refractivity contribution in [3.8, 4) is 11.1 Å². The van der Waals surface area contributed by atoms with Crippen LogP contribution in [0.3, 0.4) is 0 Å². The van der Waals surface area contributed by atoms with Crippen LogP contribution in [0.25, 0.3) is 21.3 Å². The molecular formula is C16H16N6O5S3. The van der Waals surface area contributed by atoms with Crippen LogP contribution in [0, 0.1) is 0 Å². The topological polar surface area (TPSA) is 150 Å². The lowest BCUT2D eigenvalue weighted by Gasteiger charge is -2.07. The van der Waals surface area contributed by atoms with Crippen molar-refractivity contribution < 1.29 is 21.3 Å². The van der Waals surface area contributed by atoms with Crippen molar-refractivity contribution in [1.29, 1.82) is 0 Å². The second-order valence-corrected chi connectivity index (χ2v) is 10.5. The smallest absolute Gasteiger partial charge is 0.241 e. The summed E-state index contributed by atoms with van der Waals surface area (Å²) in [7, 11) is -4.71. The minimum Gasteiger partial charge on any atom is -0.422 e. The van der Waals surface area contributed by atoms with E-state index in [4.69, 9.17) is 4.42 Å². The van der Waals surface area contributed by atoms with E-state index in [0.717, 1.165) is 22.1 Å². The summed E-state index contributed by atoms with van der Waals surface area (Å²) in [5, 5.41) is 10.7. The van der Waals surface area contributed by atoms with Gasteiger partial charge in [-0.05, 0) is 17.7 Å². The molecule has 0 amide bonds. The van der Waals surface area contributed by atoms with Gasteiger partial charge in [0.15, 0.2) is 15.1 Å². The molecule has 1 aromatic carbocycles. The molecule has 0 fully saturated rings. The molecule has 4 rings (SSSR count). The van der Waals surface area contributed by atoms with Crippen molar-refractivity contribution >= 4 is 42.3 Å². The van der Waals surface area contributed by atoms with Crippen LogP contribution in [0.2, 0.25) is 0 Å². The Morgan fingerprint density at radius 3 is 2.73 bits per heavy atom. The molecule has 11 nitrogen and oxygen atoms in total. The van der Waals surface area contributed by atoms with E-state index < -0.39 is 26.0 Å². The van der Waals surface area contributed by atoms with Crippen LogP contribution >= 0.6 is 11.3 Å². The lowest BCUT2D eigenvalue weighted by Crippen LogP contribution is -2.13. The maximum Gasteiger partial charge on any atom is 0.241 e. The van der Waals surface area contributed by atoms with Crippen molar-refractivity contribution in [2.45, 2.75) is 11.8 Å². The molecule has 0 saturated carbocycles. The van der Waals surface area contributed by atoms with Gasteiger partial charge < -0.3 is 4.42 Å². The fourth-order valence-electron chi connectivity index (χ4n) is 2.85. The van der Waals surface area contributed by atoms with E-state index >= 15 is 0 Å². The Morgan fingerprint density at radius 1 is 1.27 bits per heavy atom. The fourth-order valence-corrected chi connectivity index (χ4v) is 5.65. The van der Waals surface area contributed by atoms with E-state index in [1.165, 1.54) is 11.3 Å². The number of hydrogen-bond acceptors (Lipinski definition) is 10. The molecule has 3 aromatic heterocycles. The molecule has 0 spiro atoms. The minimum atomic E-state index is -3.70. The van der Waals surface area contributed by atoms with Gasteiger partial charge in [-0.3, -0.25) is 4.68 Å². The van der Waals surface area contributed by atoms with Crippen LogP contribution in [0.1, 0.15) is 22.0 Å². The number of sulfone groups is 1. The highest BCUT2D eigenvalue weighted by atomic mass is 32.2. The number of aryl methyl sites for hydroxylation is 1. The molecule has 1 unspecified atom stereocenters. The van der Waals surface area contributed by atoms with Crippen molar-refractivity contribution in [2.75, 3.05) is 6.26 Å². The van der Waals surface area contributed by atoms with E-state index in [0.29, 0.717) is 5.52 Å². The normalized spacial score (nSPS) is 13.3. The summed E-state index contributed by atoms with van der Waals surface area (Å²) in [6.45, 7) is -0.226. The maximum atomic E-state index is 12.5. The van der Waals surface area contributed by atoms with Crippen molar-refractivity contribution in [2.24, 2.45) is 7.05 Å². The number of fused-ring (bicyclic) bond motifs is 1. The number of nitrogens with zero attached hydrogens (tertiary/aromatic N) is 5. The lowest BCUT2D eigenvalue weighted by atomic mass is 10.1. The van der Waals surface area contributed by atoms with E-state index in [1.807, 2.05) is 31.4 Å². The Kier molecular flexibility index (Phi) is 5.40. The second kappa shape index (κ2) is 7.86. The molecule has 14 heteroatoms. The first-order valence-corrected chi connectivity index (χ1v) is 12.4. The monoisotopic (exact) mass is 468 g/mol. The van der Waals surface area contributed by atoms with Gasteiger partial charge in [0, 0.05) is 25.1 Å². The Labute approximate surface area is 176 Å². The number of benzene rings is 1. The van der Waals surface area contributed by atoms with Crippen LogP contribution in [0.5, 0.6) is 0 Å². The molecule has 0 aliphatic carbocycles. The van der Waals surface area contributed by atoms with E-state index in [-0.39, 0.29) is 23.3 Å². The van der Waals surface area contributed by atoms with Gasteiger partial charge in [-0.2, -0.15) is 5.10 Å². The third-order valence-corrected chi connectivity index (χ3v) is 7.09. The summed E-state index contributed by atoms with van der Waals surface area (Å²) in [4.78, 5) is 4.46. The summed E-state index contributed by atoms with van der Waals surface area (Å²) >= 11 is 1.21. The number of aromatic nitrogens is 5. The highest BCUT2D eigenvalue weighted by Gasteiger charge is 2.33. The average Bonchev–Trinajstić information content (AvgIpc) is 3.38. The second-order valence-electron chi connectivity index (χ2n) is 6.47. The molecule has 0 saturated heterocycles. The SMILES string of the molecule is Cn1cc(-c2ccc3nc(C(c4nnc(CN[SH](=O)=O)o4)S(C)(=O)=O)sc3c2)cn1. The molecular weight excluding hydrogens is 452 g/mol. The van der Waals surface area contributed by atoms with Gasteiger partial charge in [-0.25, -0.2) is 26.5 Å². The Bertz CT molecular complexity index is 1390. The van der Waals surface area contributed by atoms with Gasteiger partial charge >= 0.3 is 0 Å². The predicted molar refractivity (Wildman–Crippen MR) is 110 cm³/mol. The van der Waals surface area contributed by atoms with Gasteiger partial charge in [0.2, 0.25) is 22.7 Å². The summed E-state index contributed by atoms with van der Waals surface area (Å²) in [6, 6.07) is 5.62. The van der Waals surface area contributed by atoms with Crippen LogP contribution in [-0.2, 0) is 34.3 Å². The van der Waals surface area contributed by atoms with Gasteiger partial charge in [0.05, 0.1) is 23.0 Å². The molecule has 1 atom stereocenters. The molecule has 0 aliphatic rings. The first kappa shape index (κ1) is 20.6. The zero-order valence-corrected chi connectivity index (χ0v) is 18.2. The molecule has 30 heavy (non-hydrogen) atoms. The fraction of sp³-hybridized carbons (Fsp3) is 0.250. The standard InChI is InChI=1S/C16H16N6O5S3/c1-22-8-10(6-17-22)9-3-4-11-12(5-9)28-16(19-11)14(30(2,25)26)15-21-20-13(27-15)7-18-29(23)24/h3-6,8,14,29H,7H2,1-2H3,(H,18,23,24). The zero-order valence-electron chi connectivity index (χ0n) is 15.7. The largest absolute Gasteiger partial charge is 0.422 e. The summed E-state index contributed by atoms with van der Waals surface area (Å²) in [5.74, 6) is -0.209. The van der Waals surface area contributed by atoms with Crippen molar-refractivity contribution in [1.82, 2.24) is 29.7 Å². The average molecular weight is 469 g/mol. The third-order valence-electron chi connectivity index (χ3n) is 4.16. The van der Waals surface area contributed by atoms with Gasteiger partial charge in [-0.15, -0.1) is 21.5 Å². The van der Waals surface area contributed by atoms with E-state index in [1.54, 1.807) is 10.9 Å². The Balaban J connectivity index is 1.73. The van der Waals surface area contributed by atoms with Crippen LogP contribution in [-0.4, -0.2) is 48.1 Å². The van der Waals surface area contributed by atoms with Crippen molar-refractivity contribution in [3.05, 3.63) is 47.4 Å². The van der Waals surface area contributed by atoms with E-state index in [9.17, 15) is 16.8 Å². The van der Waals surface area contributed by atoms with Gasteiger partial charge in [0.1, 0.15) is 5.01 Å². The molecule has 0 bridgehead atoms.